The first-order chi connectivity index (χ1) is 15.3. The van der Waals surface area contributed by atoms with Crippen LogP contribution in [-0.2, 0) is 14.3 Å². The first kappa shape index (κ1) is 25.4. The molecule has 1 atom stereocenters. The van der Waals surface area contributed by atoms with Crippen LogP contribution in [0.25, 0.3) is 0 Å². The molecular formula is C25H28N2O6. The van der Waals surface area contributed by atoms with E-state index in [0.717, 1.165) is 0 Å². The van der Waals surface area contributed by atoms with Gasteiger partial charge in [-0.05, 0) is 71.7 Å². The number of benzene rings is 2. The zero-order valence-corrected chi connectivity index (χ0v) is 19.6. The largest absolute Gasteiger partial charge is 0.444 e. The van der Waals surface area contributed by atoms with Gasteiger partial charge in [-0.1, -0.05) is 24.1 Å². The Morgan fingerprint density at radius 3 is 2.21 bits per heavy atom. The number of hydrogen-bond donors (Lipinski definition) is 1. The normalized spacial score (nSPS) is 12.1. The molecule has 0 bridgehead atoms. The summed E-state index contributed by atoms with van der Waals surface area (Å²) in [5.74, 6) is 5.38. The van der Waals surface area contributed by atoms with E-state index < -0.39 is 34.1 Å². The van der Waals surface area contributed by atoms with Crippen molar-refractivity contribution < 1.29 is 24.0 Å². The van der Waals surface area contributed by atoms with E-state index in [-0.39, 0.29) is 11.4 Å². The number of amides is 1. The Bertz CT molecular complexity index is 1090. The number of hydrogen-bond acceptors (Lipinski definition) is 6. The van der Waals surface area contributed by atoms with Crippen molar-refractivity contribution in [2.75, 3.05) is 5.32 Å². The Morgan fingerprint density at radius 1 is 1.03 bits per heavy atom. The van der Waals surface area contributed by atoms with Crippen molar-refractivity contribution >= 4 is 23.4 Å². The van der Waals surface area contributed by atoms with Crippen LogP contribution in [-0.4, -0.2) is 22.6 Å². The van der Waals surface area contributed by atoms with Gasteiger partial charge in [0.1, 0.15) is 11.3 Å². The number of nitrogens with zero attached hydrogens (tertiary/aromatic N) is 1. The monoisotopic (exact) mass is 452 g/mol. The average Bonchev–Trinajstić information content (AvgIpc) is 2.69. The summed E-state index contributed by atoms with van der Waals surface area (Å²) in [5, 5.41) is 13.9. The van der Waals surface area contributed by atoms with Gasteiger partial charge < -0.3 is 9.47 Å². The number of nitrogens with one attached hydrogen (secondary N) is 1. The molecule has 0 aliphatic carbocycles. The Hall–Kier alpha value is -3.86. The molecule has 8 heteroatoms. The second-order valence-electron chi connectivity index (χ2n) is 9.33. The highest BCUT2D eigenvalue weighted by Gasteiger charge is 2.28. The van der Waals surface area contributed by atoms with Crippen molar-refractivity contribution in [1.29, 1.82) is 0 Å². The van der Waals surface area contributed by atoms with E-state index in [9.17, 15) is 19.7 Å². The number of carbonyl (C=O) groups excluding carboxylic acids is 2. The standard InChI is InChI=1S/C25H28N2O6/c1-24(2,3)22(28)32-21(15-12-17-10-8-7-9-11-17)18-13-14-20(27(30)31)19(16-18)26-23(29)33-25(4,5)6/h7-11,13-14,16,21H,1-6H3,(H,26,29). The Balaban J connectivity index is 2.48. The van der Waals surface area contributed by atoms with Gasteiger partial charge in [-0.15, -0.1) is 0 Å². The highest BCUT2D eigenvalue weighted by Crippen LogP contribution is 2.31. The average molecular weight is 453 g/mol. The van der Waals surface area contributed by atoms with Crippen LogP contribution in [0.5, 0.6) is 0 Å². The summed E-state index contributed by atoms with van der Waals surface area (Å²) in [6.45, 7) is 10.2. The summed E-state index contributed by atoms with van der Waals surface area (Å²) < 4.78 is 10.8. The number of carbonyl (C=O) groups is 2. The minimum atomic E-state index is -1.02. The first-order valence-electron chi connectivity index (χ1n) is 10.3. The molecule has 0 spiro atoms. The molecule has 0 radical (unpaired) electrons. The highest BCUT2D eigenvalue weighted by molar-refractivity contribution is 5.88. The molecule has 33 heavy (non-hydrogen) atoms. The van der Waals surface area contributed by atoms with Gasteiger partial charge in [-0.2, -0.15) is 0 Å². The fourth-order valence-electron chi connectivity index (χ4n) is 2.52. The molecule has 2 rings (SSSR count). The van der Waals surface area contributed by atoms with E-state index in [1.165, 1.54) is 18.2 Å². The van der Waals surface area contributed by atoms with Crippen molar-refractivity contribution in [3.05, 3.63) is 69.8 Å². The molecule has 0 heterocycles. The van der Waals surface area contributed by atoms with Crippen LogP contribution in [0.3, 0.4) is 0 Å². The molecule has 0 saturated heterocycles. The maximum Gasteiger partial charge on any atom is 0.412 e. The van der Waals surface area contributed by atoms with E-state index in [1.807, 2.05) is 18.2 Å². The lowest BCUT2D eigenvalue weighted by atomic mass is 9.97. The van der Waals surface area contributed by atoms with Crippen molar-refractivity contribution in [2.45, 2.75) is 53.2 Å². The third-order valence-electron chi connectivity index (χ3n) is 4.11. The summed E-state index contributed by atoms with van der Waals surface area (Å²) in [6.07, 6.45) is -1.86. The van der Waals surface area contributed by atoms with Crippen molar-refractivity contribution in [3.63, 3.8) is 0 Å². The molecule has 0 fully saturated rings. The van der Waals surface area contributed by atoms with Crippen molar-refractivity contribution in [3.8, 4) is 11.8 Å². The quantitative estimate of drug-likeness (QED) is 0.279. The number of anilines is 1. The van der Waals surface area contributed by atoms with Crippen LogP contribution in [0.15, 0.2) is 48.5 Å². The second kappa shape index (κ2) is 10.2. The van der Waals surface area contributed by atoms with E-state index in [2.05, 4.69) is 17.2 Å². The van der Waals surface area contributed by atoms with Gasteiger partial charge in [0, 0.05) is 17.2 Å². The van der Waals surface area contributed by atoms with E-state index in [1.54, 1.807) is 53.7 Å². The predicted octanol–water partition coefficient (Wildman–Crippen LogP) is 5.62. The lowest BCUT2D eigenvalue weighted by Gasteiger charge is -2.21. The molecular weight excluding hydrogens is 424 g/mol. The molecule has 0 aliphatic heterocycles. The third kappa shape index (κ3) is 7.96. The fraction of sp³-hybridized carbons (Fsp3) is 0.360. The maximum absolute atomic E-state index is 12.6. The number of esters is 1. The zero-order chi connectivity index (χ0) is 24.8. The molecule has 1 N–H and O–H groups in total. The van der Waals surface area contributed by atoms with Crippen molar-refractivity contribution in [1.82, 2.24) is 0 Å². The summed E-state index contributed by atoms with van der Waals surface area (Å²) in [4.78, 5) is 35.7. The van der Waals surface area contributed by atoms with Gasteiger partial charge in [0.25, 0.3) is 5.69 Å². The van der Waals surface area contributed by atoms with E-state index in [0.29, 0.717) is 11.1 Å². The summed E-state index contributed by atoms with van der Waals surface area (Å²) >= 11 is 0. The lowest BCUT2D eigenvalue weighted by molar-refractivity contribution is -0.383. The molecule has 8 nitrogen and oxygen atoms in total. The van der Waals surface area contributed by atoms with Crippen LogP contribution >= 0.6 is 0 Å². The smallest absolute Gasteiger partial charge is 0.412 e. The SMILES string of the molecule is CC(C)(C)OC(=O)Nc1cc(C(C#Cc2ccccc2)OC(=O)C(C)(C)C)ccc1[N+](=O)[O-]. The topological polar surface area (TPSA) is 108 Å². The van der Waals surface area contributed by atoms with Gasteiger partial charge in [0.15, 0.2) is 6.10 Å². The Labute approximate surface area is 193 Å². The lowest BCUT2D eigenvalue weighted by Crippen LogP contribution is -2.27. The summed E-state index contributed by atoms with van der Waals surface area (Å²) in [7, 11) is 0. The molecule has 0 aliphatic rings. The molecule has 1 amide bonds. The number of nitro benzene ring substituents is 1. The van der Waals surface area contributed by atoms with E-state index >= 15 is 0 Å². The minimum Gasteiger partial charge on any atom is -0.444 e. The van der Waals surface area contributed by atoms with E-state index in [4.69, 9.17) is 9.47 Å². The fourth-order valence-corrected chi connectivity index (χ4v) is 2.52. The molecule has 174 valence electrons. The van der Waals surface area contributed by atoms with Crippen LogP contribution < -0.4 is 5.32 Å². The van der Waals surface area contributed by atoms with Gasteiger partial charge in [0.2, 0.25) is 0 Å². The number of ether oxygens (including phenoxy) is 2. The highest BCUT2D eigenvalue weighted by atomic mass is 16.6. The van der Waals surface area contributed by atoms with Crippen LogP contribution in [0, 0.1) is 27.4 Å². The van der Waals surface area contributed by atoms with Crippen molar-refractivity contribution in [2.24, 2.45) is 5.41 Å². The molecule has 0 aromatic heterocycles. The third-order valence-corrected chi connectivity index (χ3v) is 4.11. The van der Waals surface area contributed by atoms with Gasteiger partial charge >= 0.3 is 12.1 Å². The molecule has 2 aromatic carbocycles. The van der Waals surface area contributed by atoms with Crippen LogP contribution in [0.2, 0.25) is 0 Å². The van der Waals surface area contributed by atoms with Crippen LogP contribution in [0.4, 0.5) is 16.2 Å². The summed E-state index contributed by atoms with van der Waals surface area (Å²) in [6, 6.07) is 13.2. The number of nitro groups is 1. The number of rotatable bonds is 4. The molecule has 0 saturated carbocycles. The minimum absolute atomic E-state index is 0.0925. The zero-order valence-electron chi connectivity index (χ0n) is 19.6. The van der Waals surface area contributed by atoms with Gasteiger partial charge in [0.05, 0.1) is 10.3 Å². The van der Waals surface area contributed by atoms with Gasteiger partial charge in [-0.3, -0.25) is 20.2 Å². The van der Waals surface area contributed by atoms with Gasteiger partial charge in [-0.25, -0.2) is 4.79 Å². The van der Waals surface area contributed by atoms with Crippen LogP contribution in [0.1, 0.15) is 58.8 Å². The molecule has 2 aromatic rings. The summed E-state index contributed by atoms with van der Waals surface area (Å²) in [5.41, 5.74) is -0.921. The predicted molar refractivity (Wildman–Crippen MR) is 125 cm³/mol. The second-order valence-corrected chi connectivity index (χ2v) is 9.33. The maximum atomic E-state index is 12.6. The Morgan fingerprint density at radius 2 is 1.67 bits per heavy atom. The first-order valence-corrected chi connectivity index (χ1v) is 10.3. The molecule has 1 unspecified atom stereocenters. The Kier molecular flexibility index (Phi) is 7.83.